The fraction of sp³-hybridized carbons (Fsp3) is 0. The van der Waals surface area contributed by atoms with Gasteiger partial charge in [-0.25, -0.2) is 4.39 Å². The van der Waals surface area contributed by atoms with Crippen molar-refractivity contribution in [2.45, 2.75) is 0 Å². The Bertz CT molecular complexity index is 502. The molecule has 1 aromatic carbocycles. The second-order valence-corrected chi connectivity index (χ2v) is 3.43. The summed E-state index contributed by atoms with van der Waals surface area (Å²) in [6, 6.07) is 6.32. The van der Waals surface area contributed by atoms with Crippen molar-refractivity contribution in [3.05, 3.63) is 54.4 Å². The highest BCUT2D eigenvalue weighted by Crippen LogP contribution is 2.13. The normalized spacial score (nSPS) is 9.81. The van der Waals surface area contributed by atoms with Crippen LogP contribution in [0.4, 0.5) is 10.1 Å². The van der Waals surface area contributed by atoms with Gasteiger partial charge in [0.2, 0.25) is 0 Å². The quantitative estimate of drug-likeness (QED) is 0.808. The topological polar surface area (TPSA) is 37.8 Å². The number of thiocarbonyl (C=S) groups is 1. The van der Waals surface area contributed by atoms with Crippen molar-refractivity contribution in [2.24, 2.45) is 0 Å². The zero-order valence-electron chi connectivity index (χ0n) is 8.22. The molecule has 1 heterocycles. The smallest absolute Gasteiger partial charge is 0.146 e. The minimum Gasteiger partial charge on any atom is -0.342 e. The zero-order chi connectivity index (χ0) is 11.4. The van der Waals surface area contributed by atoms with Gasteiger partial charge in [-0.15, -0.1) is 0 Å². The molecule has 0 fully saturated rings. The lowest BCUT2D eigenvalue weighted by molar-refractivity contribution is 0.632. The SMILES string of the molecule is Fc1ccccc1NC(=S)c1cnccn1. The monoisotopic (exact) mass is 233 g/mol. The molecule has 0 atom stereocenters. The van der Waals surface area contributed by atoms with Crippen molar-refractivity contribution >= 4 is 22.9 Å². The van der Waals surface area contributed by atoms with Crippen LogP contribution in [0.5, 0.6) is 0 Å². The number of benzene rings is 1. The maximum atomic E-state index is 13.3. The van der Waals surface area contributed by atoms with Crippen molar-refractivity contribution in [2.75, 3.05) is 5.32 Å². The Hall–Kier alpha value is -1.88. The lowest BCUT2D eigenvalue weighted by Crippen LogP contribution is -2.13. The summed E-state index contributed by atoms with van der Waals surface area (Å²) in [5.74, 6) is -0.353. The lowest BCUT2D eigenvalue weighted by Gasteiger charge is -2.07. The molecule has 16 heavy (non-hydrogen) atoms. The van der Waals surface area contributed by atoms with E-state index < -0.39 is 0 Å². The third-order valence-corrected chi connectivity index (χ3v) is 2.23. The van der Waals surface area contributed by atoms with Crippen LogP contribution in [0.2, 0.25) is 0 Å². The summed E-state index contributed by atoms with van der Waals surface area (Å²) in [6.45, 7) is 0. The van der Waals surface area contributed by atoms with Gasteiger partial charge in [-0.2, -0.15) is 0 Å². The van der Waals surface area contributed by atoms with Crippen LogP contribution in [0.25, 0.3) is 0 Å². The van der Waals surface area contributed by atoms with Crippen LogP contribution in [0.15, 0.2) is 42.9 Å². The number of hydrogen-bond donors (Lipinski definition) is 1. The van der Waals surface area contributed by atoms with Crippen LogP contribution in [-0.2, 0) is 0 Å². The van der Waals surface area contributed by atoms with Gasteiger partial charge in [-0.1, -0.05) is 24.4 Å². The van der Waals surface area contributed by atoms with Crippen molar-refractivity contribution in [1.82, 2.24) is 9.97 Å². The largest absolute Gasteiger partial charge is 0.342 e. The van der Waals surface area contributed by atoms with E-state index in [4.69, 9.17) is 12.2 Å². The number of para-hydroxylation sites is 1. The molecule has 0 bridgehead atoms. The highest BCUT2D eigenvalue weighted by Gasteiger charge is 2.05. The molecule has 5 heteroatoms. The summed E-state index contributed by atoms with van der Waals surface area (Å²) in [5, 5.41) is 2.78. The van der Waals surface area contributed by atoms with E-state index in [9.17, 15) is 4.39 Å². The summed E-state index contributed by atoms with van der Waals surface area (Å²) in [7, 11) is 0. The molecule has 1 aromatic heterocycles. The average Bonchev–Trinajstić information content (AvgIpc) is 2.33. The lowest BCUT2D eigenvalue weighted by atomic mass is 10.3. The maximum Gasteiger partial charge on any atom is 0.146 e. The van der Waals surface area contributed by atoms with Crippen LogP contribution < -0.4 is 5.32 Å². The van der Waals surface area contributed by atoms with Gasteiger partial charge in [0.1, 0.15) is 16.5 Å². The van der Waals surface area contributed by atoms with E-state index >= 15 is 0 Å². The number of rotatable bonds is 2. The minimum atomic E-state index is -0.353. The molecule has 0 aliphatic carbocycles. The Balaban J connectivity index is 2.18. The molecule has 0 amide bonds. The third-order valence-electron chi connectivity index (χ3n) is 1.92. The molecule has 0 aliphatic rings. The van der Waals surface area contributed by atoms with E-state index in [1.165, 1.54) is 18.5 Å². The second kappa shape index (κ2) is 4.76. The van der Waals surface area contributed by atoms with E-state index in [0.717, 1.165) is 0 Å². The Labute approximate surface area is 97.4 Å². The molecule has 2 aromatic rings. The van der Waals surface area contributed by atoms with Gasteiger partial charge in [-0.05, 0) is 12.1 Å². The Morgan fingerprint density at radius 2 is 2.06 bits per heavy atom. The van der Waals surface area contributed by atoms with Gasteiger partial charge < -0.3 is 5.32 Å². The van der Waals surface area contributed by atoms with E-state index in [2.05, 4.69) is 15.3 Å². The predicted octanol–water partition coefficient (Wildman–Crippen LogP) is 2.40. The highest BCUT2D eigenvalue weighted by atomic mass is 32.1. The van der Waals surface area contributed by atoms with Crippen molar-refractivity contribution < 1.29 is 4.39 Å². The Morgan fingerprint density at radius 3 is 2.75 bits per heavy atom. The van der Waals surface area contributed by atoms with Gasteiger partial charge in [-0.3, -0.25) is 9.97 Å². The predicted molar refractivity (Wildman–Crippen MR) is 63.8 cm³/mol. The van der Waals surface area contributed by atoms with Gasteiger partial charge in [0.05, 0.1) is 11.9 Å². The standard InChI is InChI=1S/C11H8FN3S/c12-8-3-1-2-4-9(8)15-11(16)10-7-13-5-6-14-10/h1-7H,(H,15,16). The summed E-state index contributed by atoms with van der Waals surface area (Å²) < 4.78 is 13.3. The molecule has 80 valence electrons. The third kappa shape index (κ3) is 2.38. The average molecular weight is 233 g/mol. The van der Waals surface area contributed by atoms with E-state index in [1.807, 2.05) is 0 Å². The van der Waals surface area contributed by atoms with Crippen LogP contribution in [0.1, 0.15) is 5.69 Å². The second-order valence-electron chi connectivity index (χ2n) is 3.02. The number of halogens is 1. The minimum absolute atomic E-state index is 0.332. The molecule has 0 unspecified atom stereocenters. The summed E-state index contributed by atoms with van der Waals surface area (Å²) in [6.07, 6.45) is 4.61. The maximum absolute atomic E-state index is 13.3. The van der Waals surface area contributed by atoms with Gasteiger partial charge >= 0.3 is 0 Å². The van der Waals surface area contributed by atoms with Gasteiger partial charge in [0, 0.05) is 12.4 Å². The zero-order valence-corrected chi connectivity index (χ0v) is 9.04. The number of anilines is 1. The number of aromatic nitrogens is 2. The molecule has 0 saturated carbocycles. The van der Waals surface area contributed by atoms with Crippen molar-refractivity contribution in [3.8, 4) is 0 Å². The summed E-state index contributed by atoms with van der Waals surface area (Å²) in [5.41, 5.74) is 0.846. The van der Waals surface area contributed by atoms with Crippen molar-refractivity contribution in [1.29, 1.82) is 0 Å². The first-order valence-electron chi connectivity index (χ1n) is 4.59. The summed E-state index contributed by atoms with van der Waals surface area (Å²) >= 11 is 5.08. The van der Waals surface area contributed by atoms with Crippen molar-refractivity contribution in [3.63, 3.8) is 0 Å². The Morgan fingerprint density at radius 1 is 1.25 bits per heavy atom. The molecule has 1 N–H and O–H groups in total. The van der Waals surface area contributed by atoms with Gasteiger partial charge in [0.15, 0.2) is 0 Å². The van der Waals surface area contributed by atoms with Crippen LogP contribution >= 0.6 is 12.2 Å². The fourth-order valence-electron chi connectivity index (χ4n) is 1.17. The first kappa shape index (κ1) is 10.6. The summed E-state index contributed by atoms with van der Waals surface area (Å²) in [4.78, 5) is 8.25. The number of nitrogens with zero attached hydrogens (tertiary/aromatic N) is 2. The molecular formula is C11H8FN3S. The van der Waals surface area contributed by atoms with Crippen LogP contribution in [-0.4, -0.2) is 15.0 Å². The van der Waals surface area contributed by atoms with Gasteiger partial charge in [0.25, 0.3) is 0 Å². The molecule has 3 nitrogen and oxygen atoms in total. The van der Waals surface area contributed by atoms with E-state index in [-0.39, 0.29) is 5.82 Å². The first-order valence-corrected chi connectivity index (χ1v) is 5.00. The molecule has 0 aliphatic heterocycles. The molecule has 0 spiro atoms. The molecular weight excluding hydrogens is 225 g/mol. The van der Waals surface area contributed by atoms with Crippen LogP contribution in [0.3, 0.4) is 0 Å². The first-order chi connectivity index (χ1) is 7.77. The van der Waals surface area contributed by atoms with E-state index in [0.29, 0.717) is 16.4 Å². The molecule has 2 rings (SSSR count). The number of hydrogen-bond acceptors (Lipinski definition) is 3. The Kier molecular flexibility index (Phi) is 3.16. The molecule has 0 saturated heterocycles. The van der Waals surface area contributed by atoms with Crippen LogP contribution in [0, 0.1) is 5.82 Å². The number of nitrogens with one attached hydrogen (secondary N) is 1. The van der Waals surface area contributed by atoms with E-state index in [1.54, 1.807) is 24.4 Å². The fourth-order valence-corrected chi connectivity index (χ4v) is 1.38. The molecule has 0 radical (unpaired) electrons. The highest BCUT2D eigenvalue weighted by molar-refractivity contribution is 7.81.